The van der Waals surface area contributed by atoms with Crippen LogP contribution in [0.5, 0.6) is 11.5 Å². The fourth-order valence-electron chi connectivity index (χ4n) is 3.15. The average Bonchev–Trinajstić information content (AvgIpc) is 2.70. The second kappa shape index (κ2) is 10.4. The fraction of sp³-hybridized carbons (Fsp3) is 0.429. The van der Waals surface area contributed by atoms with Gasteiger partial charge in [0.25, 0.3) is 0 Å². The average molecular weight is 392 g/mol. The summed E-state index contributed by atoms with van der Waals surface area (Å²) in [6.07, 6.45) is 0. The van der Waals surface area contributed by atoms with E-state index < -0.39 is 6.61 Å². The van der Waals surface area contributed by atoms with Crippen molar-refractivity contribution in [1.82, 2.24) is 10.2 Å². The molecule has 7 heteroatoms. The fourth-order valence-corrected chi connectivity index (χ4v) is 3.15. The number of ether oxygens (including phenoxy) is 3. The minimum atomic E-state index is -2.88. The molecule has 0 radical (unpaired) electrons. The number of nitrogens with zero attached hydrogens (tertiary/aromatic N) is 1. The Labute approximate surface area is 164 Å². The monoisotopic (exact) mass is 392 g/mol. The third-order valence-corrected chi connectivity index (χ3v) is 4.64. The summed E-state index contributed by atoms with van der Waals surface area (Å²) < 4.78 is 40.0. The molecule has 1 heterocycles. The lowest BCUT2D eigenvalue weighted by Crippen LogP contribution is -2.35. The first-order valence-corrected chi connectivity index (χ1v) is 9.34. The minimum absolute atomic E-state index is 0.0456. The quantitative estimate of drug-likeness (QED) is 0.708. The van der Waals surface area contributed by atoms with Crippen LogP contribution in [-0.4, -0.2) is 44.9 Å². The molecule has 0 spiro atoms. The van der Waals surface area contributed by atoms with Crippen LogP contribution in [0.15, 0.2) is 42.5 Å². The molecule has 0 saturated carbocycles. The maximum atomic E-state index is 12.5. The molecule has 3 rings (SSSR count). The molecule has 1 N–H and O–H groups in total. The van der Waals surface area contributed by atoms with Gasteiger partial charge in [0.1, 0.15) is 0 Å². The standard InChI is InChI=1S/C21H26F2N2O3/c1-26-19-7-6-18(12-20(19)28-21(22)23)14-24-13-16-2-4-17(5-3-16)15-25-8-10-27-11-9-25/h2-7,12,21,24H,8-11,13-15H2,1H3. The van der Waals surface area contributed by atoms with Gasteiger partial charge in [0.15, 0.2) is 11.5 Å². The van der Waals surface area contributed by atoms with Gasteiger partial charge in [-0.1, -0.05) is 30.3 Å². The largest absolute Gasteiger partial charge is 0.493 e. The highest BCUT2D eigenvalue weighted by Gasteiger charge is 2.12. The van der Waals surface area contributed by atoms with Crippen molar-refractivity contribution in [2.75, 3.05) is 33.4 Å². The van der Waals surface area contributed by atoms with Crippen molar-refractivity contribution in [2.24, 2.45) is 0 Å². The number of hydrogen-bond donors (Lipinski definition) is 1. The molecule has 0 amide bonds. The summed E-state index contributed by atoms with van der Waals surface area (Å²) in [4.78, 5) is 2.39. The van der Waals surface area contributed by atoms with E-state index in [1.165, 1.54) is 18.2 Å². The van der Waals surface area contributed by atoms with Crippen LogP contribution in [0.3, 0.4) is 0 Å². The molecule has 0 aliphatic carbocycles. The molecule has 2 aromatic carbocycles. The van der Waals surface area contributed by atoms with Gasteiger partial charge in [-0.25, -0.2) is 0 Å². The number of nitrogens with one attached hydrogen (secondary N) is 1. The van der Waals surface area contributed by atoms with Gasteiger partial charge >= 0.3 is 6.61 Å². The number of morpholine rings is 1. The molecule has 2 aromatic rings. The van der Waals surface area contributed by atoms with Crippen LogP contribution >= 0.6 is 0 Å². The van der Waals surface area contributed by atoms with Crippen LogP contribution in [0.25, 0.3) is 0 Å². The number of rotatable bonds is 9. The normalized spacial score (nSPS) is 15.0. The molecular formula is C21H26F2N2O3. The van der Waals surface area contributed by atoms with Gasteiger partial charge in [-0.3, -0.25) is 4.90 Å². The lowest BCUT2D eigenvalue weighted by atomic mass is 10.1. The van der Waals surface area contributed by atoms with Crippen molar-refractivity contribution >= 4 is 0 Å². The highest BCUT2D eigenvalue weighted by molar-refractivity contribution is 5.43. The first kappa shape index (κ1) is 20.5. The van der Waals surface area contributed by atoms with Crippen LogP contribution in [0, 0.1) is 0 Å². The Morgan fingerprint density at radius 3 is 2.29 bits per heavy atom. The van der Waals surface area contributed by atoms with Gasteiger partial charge in [0.2, 0.25) is 0 Å². The summed E-state index contributed by atoms with van der Waals surface area (Å²) in [5, 5.41) is 3.33. The zero-order valence-corrected chi connectivity index (χ0v) is 16.0. The van der Waals surface area contributed by atoms with E-state index in [4.69, 9.17) is 9.47 Å². The Hall–Kier alpha value is -2.22. The lowest BCUT2D eigenvalue weighted by Gasteiger charge is -2.26. The molecule has 5 nitrogen and oxygen atoms in total. The summed E-state index contributed by atoms with van der Waals surface area (Å²) in [5.41, 5.74) is 3.30. The molecule has 28 heavy (non-hydrogen) atoms. The summed E-state index contributed by atoms with van der Waals surface area (Å²) in [7, 11) is 1.42. The van der Waals surface area contributed by atoms with Gasteiger partial charge in [-0.2, -0.15) is 8.78 Å². The van der Waals surface area contributed by atoms with Gasteiger partial charge in [-0.05, 0) is 28.8 Å². The van der Waals surface area contributed by atoms with Gasteiger partial charge in [0, 0.05) is 32.7 Å². The summed E-state index contributed by atoms with van der Waals surface area (Å²) in [6, 6.07) is 13.6. The number of halogens is 2. The zero-order valence-electron chi connectivity index (χ0n) is 16.0. The van der Waals surface area contributed by atoms with E-state index in [2.05, 4.69) is 39.2 Å². The van der Waals surface area contributed by atoms with E-state index in [1.807, 2.05) is 6.07 Å². The lowest BCUT2D eigenvalue weighted by molar-refractivity contribution is -0.0512. The van der Waals surface area contributed by atoms with E-state index in [1.54, 1.807) is 12.1 Å². The Balaban J connectivity index is 1.49. The molecule has 0 atom stereocenters. The first-order chi connectivity index (χ1) is 13.6. The molecule has 1 fully saturated rings. The summed E-state index contributed by atoms with van der Waals surface area (Å²) >= 11 is 0. The molecule has 0 unspecified atom stereocenters. The Bertz CT molecular complexity index is 735. The number of benzene rings is 2. The van der Waals surface area contributed by atoms with Crippen LogP contribution in [-0.2, 0) is 24.4 Å². The molecule has 1 aliphatic heterocycles. The molecule has 1 aliphatic rings. The Morgan fingerprint density at radius 1 is 0.964 bits per heavy atom. The third kappa shape index (κ3) is 6.15. The van der Waals surface area contributed by atoms with E-state index in [9.17, 15) is 8.78 Å². The third-order valence-electron chi connectivity index (χ3n) is 4.64. The van der Waals surface area contributed by atoms with Crippen molar-refractivity contribution in [2.45, 2.75) is 26.2 Å². The van der Waals surface area contributed by atoms with E-state index in [0.29, 0.717) is 18.8 Å². The summed E-state index contributed by atoms with van der Waals surface area (Å²) in [6.45, 7) is 2.84. The SMILES string of the molecule is COc1ccc(CNCc2ccc(CN3CCOCC3)cc2)cc1OC(F)F. The van der Waals surface area contributed by atoms with Crippen molar-refractivity contribution in [1.29, 1.82) is 0 Å². The molecule has 0 bridgehead atoms. The predicted octanol–water partition coefficient (Wildman–Crippen LogP) is 3.42. The van der Waals surface area contributed by atoms with Crippen molar-refractivity contribution < 1.29 is 23.0 Å². The van der Waals surface area contributed by atoms with Gasteiger partial charge in [-0.15, -0.1) is 0 Å². The molecule has 1 saturated heterocycles. The second-order valence-corrected chi connectivity index (χ2v) is 6.67. The maximum Gasteiger partial charge on any atom is 0.387 e. The first-order valence-electron chi connectivity index (χ1n) is 9.34. The van der Waals surface area contributed by atoms with E-state index in [0.717, 1.165) is 38.4 Å². The Kier molecular flexibility index (Phi) is 7.59. The predicted molar refractivity (Wildman–Crippen MR) is 103 cm³/mol. The van der Waals surface area contributed by atoms with E-state index >= 15 is 0 Å². The summed E-state index contributed by atoms with van der Waals surface area (Å²) in [5.74, 6) is 0.337. The van der Waals surface area contributed by atoms with Crippen molar-refractivity contribution in [3.05, 3.63) is 59.2 Å². The number of hydrogen-bond acceptors (Lipinski definition) is 5. The van der Waals surface area contributed by atoms with Gasteiger partial charge < -0.3 is 19.5 Å². The molecule has 0 aromatic heterocycles. The smallest absolute Gasteiger partial charge is 0.387 e. The van der Waals surface area contributed by atoms with Crippen LogP contribution in [0.1, 0.15) is 16.7 Å². The van der Waals surface area contributed by atoms with Crippen molar-refractivity contribution in [3.8, 4) is 11.5 Å². The van der Waals surface area contributed by atoms with Crippen molar-refractivity contribution in [3.63, 3.8) is 0 Å². The molecular weight excluding hydrogens is 366 g/mol. The second-order valence-electron chi connectivity index (χ2n) is 6.67. The number of methoxy groups -OCH3 is 1. The van der Waals surface area contributed by atoms with Crippen LogP contribution < -0.4 is 14.8 Å². The maximum absolute atomic E-state index is 12.5. The van der Waals surface area contributed by atoms with Crippen LogP contribution in [0.2, 0.25) is 0 Å². The molecule has 152 valence electrons. The highest BCUT2D eigenvalue weighted by Crippen LogP contribution is 2.29. The van der Waals surface area contributed by atoms with Crippen LogP contribution in [0.4, 0.5) is 8.78 Å². The zero-order chi connectivity index (χ0) is 19.8. The Morgan fingerprint density at radius 2 is 1.61 bits per heavy atom. The van der Waals surface area contributed by atoms with E-state index in [-0.39, 0.29) is 5.75 Å². The highest BCUT2D eigenvalue weighted by atomic mass is 19.3. The van der Waals surface area contributed by atoms with Gasteiger partial charge in [0.05, 0.1) is 20.3 Å². The number of alkyl halides is 2. The minimum Gasteiger partial charge on any atom is -0.493 e. The topological polar surface area (TPSA) is 43.0 Å².